The number of fused-ring (bicyclic) bond motifs is 4. The van der Waals surface area contributed by atoms with Crippen LogP contribution in [0.15, 0.2) is 58.4 Å². The van der Waals surface area contributed by atoms with Gasteiger partial charge < -0.3 is 4.74 Å². The van der Waals surface area contributed by atoms with Gasteiger partial charge in [-0.05, 0) is 28.7 Å². The molecule has 1 N–H and O–H groups in total. The van der Waals surface area contributed by atoms with Gasteiger partial charge in [0.25, 0.3) is 5.65 Å². The Morgan fingerprint density at radius 1 is 1.06 bits per heavy atom. The van der Waals surface area contributed by atoms with Gasteiger partial charge in [0.05, 0.1) is 30.4 Å². The number of H-pyrrole nitrogens is 1. The van der Waals surface area contributed by atoms with Crippen LogP contribution in [0.4, 0.5) is 0 Å². The van der Waals surface area contributed by atoms with E-state index in [-0.39, 0.29) is 11.0 Å². The van der Waals surface area contributed by atoms with Gasteiger partial charge >= 0.3 is 5.56 Å². The van der Waals surface area contributed by atoms with Crippen LogP contribution in [-0.2, 0) is 16.7 Å². The lowest BCUT2D eigenvalue weighted by Gasteiger charge is -2.18. The number of methoxy groups -OCH3 is 1. The molecule has 5 aromatic rings. The molecule has 0 aliphatic heterocycles. The van der Waals surface area contributed by atoms with Gasteiger partial charge in [0.15, 0.2) is 5.39 Å². The molecule has 0 atom stereocenters. The highest BCUT2D eigenvalue weighted by Gasteiger charge is 2.26. The van der Waals surface area contributed by atoms with Crippen molar-refractivity contribution in [3.8, 4) is 0 Å². The topological polar surface area (TPSA) is 88.4 Å². The number of aromatic amines is 1. The third-order valence-corrected chi connectivity index (χ3v) is 6.22. The Balaban J connectivity index is 1.74. The van der Waals surface area contributed by atoms with Crippen LogP contribution >= 0.6 is 0 Å². The van der Waals surface area contributed by atoms with Gasteiger partial charge in [-0.1, -0.05) is 57.2 Å². The summed E-state index contributed by atoms with van der Waals surface area (Å²) in [6, 6.07) is 16.0. The minimum Gasteiger partial charge on any atom is -0.381 e. The number of ether oxygens (including phenoxy) is 1. The average Bonchev–Trinajstić information content (AvgIpc) is 3.13. The van der Waals surface area contributed by atoms with E-state index in [1.165, 1.54) is 5.56 Å². The van der Waals surface area contributed by atoms with Crippen LogP contribution < -0.4 is 10.5 Å². The van der Waals surface area contributed by atoms with E-state index in [0.717, 1.165) is 16.6 Å². The fourth-order valence-corrected chi connectivity index (χ4v) is 4.23. The normalized spacial score (nSPS) is 12.5. The highest BCUT2D eigenvalue weighted by molar-refractivity contribution is 6.03. The van der Waals surface area contributed by atoms with Gasteiger partial charge in [-0.3, -0.25) is 0 Å². The molecule has 0 fully saturated rings. The van der Waals surface area contributed by atoms with E-state index in [1.807, 2.05) is 43.3 Å². The molecule has 0 aliphatic carbocycles. The molecule has 0 saturated carbocycles. The first-order valence-electron chi connectivity index (χ1n) is 11.7. The first-order chi connectivity index (χ1) is 16.8. The summed E-state index contributed by atoms with van der Waals surface area (Å²) < 4.78 is 8.55. The molecule has 178 valence electrons. The smallest absolute Gasteiger partial charge is 0.323 e. The first-order valence-corrected chi connectivity index (χ1v) is 11.7. The van der Waals surface area contributed by atoms with Crippen LogP contribution in [0, 0.1) is 6.92 Å². The fraction of sp³-hybridized carbons (Fsp3) is 0.296. The molecule has 0 amide bonds. The number of aryl methyl sites for hydroxylation is 1. The summed E-state index contributed by atoms with van der Waals surface area (Å²) in [5.41, 5.74) is 5.21. The zero-order valence-electron chi connectivity index (χ0n) is 20.7. The van der Waals surface area contributed by atoms with Gasteiger partial charge in [-0.2, -0.15) is 0 Å². The van der Waals surface area contributed by atoms with Crippen LogP contribution in [0.5, 0.6) is 0 Å². The number of hydrogen-bond acceptors (Lipinski definition) is 5. The third-order valence-electron chi connectivity index (χ3n) is 6.22. The van der Waals surface area contributed by atoms with Gasteiger partial charge in [0.2, 0.25) is 11.5 Å². The number of para-hydroxylation sites is 2. The zero-order valence-corrected chi connectivity index (χ0v) is 20.7. The van der Waals surface area contributed by atoms with Crippen molar-refractivity contribution in [1.82, 2.24) is 19.2 Å². The average molecular weight is 470 g/mol. The van der Waals surface area contributed by atoms with Crippen molar-refractivity contribution in [2.45, 2.75) is 39.7 Å². The van der Waals surface area contributed by atoms with Gasteiger partial charge in [-0.25, -0.2) is 24.3 Å². The quantitative estimate of drug-likeness (QED) is 0.366. The Bertz CT molecular complexity index is 1640. The van der Waals surface area contributed by atoms with E-state index in [4.69, 9.17) is 19.8 Å². The van der Waals surface area contributed by atoms with E-state index in [2.05, 4.69) is 37.9 Å². The van der Waals surface area contributed by atoms with Gasteiger partial charge in [0.1, 0.15) is 5.52 Å². The Labute approximate surface area is 202 Å². The fourth-order valence-electron chi connectivity index (χ4n) is 4.23. The third kappa shape index (κ3) is 4.10. The second-order valence-corrected chi connectivity index (χ2v) is 9.70. The summed E-state index contributed by atoms with van der Waals surface area (Å²) in [5, 5.41) is 5.21. The van der Waals surface area contributed by atoms with E-state index < -0.39 is 0 Å². The number of nitrogens with one attached hydrogen (secondary N) is 1. The molecule has 0 bridgehead atoms. The molecule has 3 aromatic heterocycles. The number of aromatic nitrogens is 5. The number of nitrogens with zero attached hydrogens (tertiary/aromatic N) is 5. The minimum atomic E-state index is -0.147. The van der Waals surface area contributed by atoms with Gasteiger partial charge in [0, 0.05) is 14.0 Å². The molecule has 5 rings (SSSR count). The number of hydrogen-bond donors (Lipinski definition) is 0. The lowest BCUT2D eigenvalue weighted by atomic mass is 9.87. The SMILES string of the molecule is COCCn1c(C)[nH+]c2c(c1=O)c1nc3ccccc3nc1n2N=Cc1ccc(C(C)(C)C)cc1. The Hall–Kier alpha value is -3.91. The van der Waals surface area contributed by atoms with E-state index >= 15 is 0 Å². The molecular weight excluding hydrogens is 440 g/mol. The van der Waals surface area contributed by atoms with Gasteiger partial charge in [-0.15, -0.1) is 9.78 Å². The molecule has 8 nitrogen and oxygen atoms in total. The van der Waals surface area contributed by atoms with Crippen molar-refractivity contribution in [2.75, 3.05) is 13.7 Å². The highest BCUT2D eigenvalue weighted by Crippen LogP contribution is 2.25. The molecule has 8 heteroatoms. The zero-order chi connectivity index (χ0) is 24.7. The van der Waals surface area contributed by atoms with Crippen molar-refractivity contribution < 1.29 is 9.72 Å². The molecule has 0 radical (unpaired) electrons. The lowest BCUT2D eigenvalue weighted by molar-refractivity contribution is -0.368. The summed E-state index contributed by atoms with van der Waals surface area (Å²) in [7, 11) is 1.62. The first kappa shape index (κ1) is 22.9. The van der Waals surface area contributed by atoms with Crippen molar-refractivity contribution in [1.29, 1.82) is 0 Å². The summed E-state index contributed by atoms with van der Waals surface area (Å²) in [5.74, 6) is 0.706. The standard InChI is InChI=1S/C27H28N6O2/c1-17-29-24-22(26(34)32(17)14-15-35-5)23-25(31-21-9-7-6-8-20(21)30-23)33(24)28-16-18-10-12-19(13-11-18)27(2,3)4/h6-13,16H,14-15H2,1-5H3/p+1. The van der Waals surface area contributed by atoms with Crippen molar-refractivity contribution in [3.63, 3.8) is 0 Å². The maximum atomic E-state index is 13.6. The minimum absolute atomic E-state index is 0.0777. The van der Waals surface area contributed by atoms with Crippen molar-refractivity contribution in [3.05, 3.63) is 75.8 Å². The molecule has 35 heavy (non-hydrogen) atoms. The largest absolute Gasteiger partial charge is 0.381 e. The summed E-state index contributed by atoms with van der Waals surface area (Å²) in [6.45, 7) is 9.30. The summed E-state index contributed by atoms with van der Waals surface area (Å²) in [4.78, 5) is 26.6. The monoisotopic (exact) mass is 469 g/mol. The molecule has 2 aromatic carbocycles. The maximum absolute atomic E-state index is 13.6. The summed E-state index contributed by atoms with van der Waals surface area (Å²) in [6.07, 6.45) is 1.78. The Morgan fingerprint density at radius 3 is 2.40 bits per heavy atom. The predicted octanol–water partition coefficient (Wildman–Crippen LogP) is 3.85. The molecule has 0 unspecified atom stereocenters. The van der Waals surface area contributed by atoms with Crippen molar-refractivity contribution in [2.24, 2.45) is 5.10 Å². The number of rotatable bonds is 5. The maximum Gasteiger partial charge on any atom is 0.323 e. The van der Waals surface area contributed by atoms with E-state index in [9.17, 15) is 4.79 Å². The van der Waals surface area contributed by atoms with Crippen LogP contribution in [0.25, 0.3) is 33.2 Å². The molecule has 0 spiro atoms. The van der Waals surface area contributed by atoms with Crippen LogP contribution in [0.3, 0.4) is 0 Å². The molecular formula is C27H29N6O2+. The lowest BCUT2D eigenvalue weighted by Crippen LogP contribution is -2.32. The van der Waals surface area contributed by atoms with Crippen LogP contribution in [0.1, 0.15) is 37.7 Å². The number of benzene rings is 2. The van der Waals surface area contributed by atoms with E-state index in [1.54, 1.807) is 22.6 Å². The second kappa shape index (κ2) is 8.70. The molecule has 3 heterocycles. The molecule has 0 saturated heterocycles. The van der Waals surface area contributed by atoms with Crippen molar-refractivity contribution >= 4 is 39.4 Å². The summed E-state index contributed by atoms with van der Waals surface area (Å²) >= 11 is 0. The highest BCUT2D eigenvalue weighted by atomic mass is 16.5. The van der Waals surface area contributed by atoms with E-state index in [0.29, 0.717) is 41.2 Å². The molecule has 0 aliphatic rings. The Kier molecular flexibility index (Phi) is 5.68. The second-order valence-electron chi connectivity index (χ2n) is 9.70. The Morgan fingerprint density at radius 2 is 1.74 bits per heavy atom. The van der Waals surface area contributed by atoms with Crippen LogP contribution in [-0.4, -0.2) is 39.1 Å². The van der Waals surface area contributed by atoms with Crippen LogP contribution in [0.2, 0.25) is 0 Å². The predicted molar refractivity (Wildman–Crippen MR) is 138 cm³/mol.